The number of carbonyl (C=O) groups excluding carboxylic acids is 1. The molecule has 0 unspecified atom stereocenters. The van der Waals surface area contributed by atoms with Gasteiger partial charge in [-0.25, -0.2) is 4.39 Å². The number of carbonyl (C=O) groups is 1. The van der Waals surface area contributed by atoms with Gasteiger partial charge in [0.15, 0.2) is 12.7 Å². The molecule has 0 bridgehead atoms. The second-order valence-electron chi connectivity index (χ2n) is 7.55. The van der Waals surface area contributed by atoms with Crippen LogP contribution in [0.15, 0.2) is 47.4 Å². The summed E-state index contributed by atoms with van der Waals surface area (Å²) >= 11 is 11.6. The van der Waals surface area contributed by atoms with Crippen molar-refractivity contribution in [3.05, 3.63) is 76.2 Å². The number of nitrogens with zero attached hydrogens (tertiary/aromatic N) is 2. The summed E-state index contributed by atoms with van der Waals surface area (Å²) in [6.07, 6.45) is -0.826. The maximum atomic E-state index is 13.4. The number of hydrogen-bond acceptors (Lipinski definition) is 7. The molecular weight excluding hydrogens is 488 g/mol. The molecule has 0 saturated carbocycles. The van der Waals surface area contributed by atoms with Crippen LogP contribution in [0.25, 0.3) is 5.57 Å². The lowest BCUT2D eigenvalue weighted by Gasteiger charge is -2.27. The molecule has 0 saturated heterocycles. The molecule has 0 radical (unpaired) electrons. The Morgan fingerprint density at radius 1 is 1.26 bits per heavy atom. The fourth-order valence-electron chi connectivity index (χ4n) is 3.30. The number of aliphatic hydroxyl groups excluding tert-OH is 1. The van der Waals surface area contributed by atoms with Gasteiger partial charge in [0.2, 0.25) is 5.89 Å². The SMILES string of the molecule is C=C(CCNC(=O)COc1ccc(Cl)c(F)c1)c1nnc([C@H]2C[C@@H](O)c3cc(Cl)ccc3O2)o1. The van der Waals surface area contributed by atoms with Crippen LogP contribution in [-0.4, -0.2) is 34.4 Å². The topological polar surface area (TPSA) is 107 Å². The number of halogens is 3. The van der Waals surface area contributed by atoms with E-state index in [-0.39, 0.29) is 42.1 Å². The van der Waals surface area contributed by atoms with Gasteiger partial charge in [0.05, 0.1) is 11.1 Å². The largest absolute Gasteiger partial charge is 0.484 e. The number of ether oxygens (including phenoxy) is 2. The highest BCUT2D eigenvalue weighted by molar-refractivity contribution is 6.31. The highest BCUT2D eigenvalue weighted by Gasteiger charge is 2.32. The molecule has 34 heavy (non-hydrogen) atoms. The number of aromatic nitrogens is 2. The summed E-state index contributed by atoms with van der Waals surface area (Å²) in [6.45, 7) is 3.88. The lowest BCUT2D eigenvalue weighted by molar-refractivity contribution is -0.123. The van der Waals surface area contributed by atoms with Crippen molar-refractivity contribution in [1.29, 1.82) is 0 Å². The van der Waals surface area contributed by atoms with E-state index in [0.717, 1.165) is 6.07 Å². The first-order valence-electron chi connectivity index (χ1n) is 10.3. The van der Waals surface area contributed by atoms with Gasteiger partial charge >= 0.3 is 0 Å². The zero-order valence-corrected chi connectivity index (χ0v) is 19.3. The average molecular weight is 508 g/mol. The maximum absolute atomic E-state index is 13.4. The summed E-state index contributed by atoms with van der Waals surface area (Å²) in [5, 5.41) is 21.6. The summed E-state index contributed by atoms with van der Waals surface area (Å²) in [7, 11) is 0. The normalized spacial score (nSPS) is 16.9. The quantitative estimate of drug-likeness (QED) is 0.456. The van der Waals surface area contributed by atoms with Gasteiger partial charge in [0.25, 0.3) is 11.8 Å². The standard InChI is InChI=1S/C23H20Cl2FN3O5/c1-12(6-7-27-21(31)11-32-14-3-4-16(25)17(26)9-14)22-28-29-23(34-22)20-10-18(30)15-8-13(24)2-5-19(15)33-20/h2-5,8-9,18,20,30H,1,6-7,10-11H2,(H,27,31)/t18-,20-/m1/s1. The average Bonchev–Trinajstić information content (AvgIpc) is 3.31. The summed E-state index contributed by atoms with van der Waals surface area (Å²) in [4.78, 5) is 12.0. The van der Waals surface area contributed by atoms with E-state index in [4.69, 9.17) is 37.1 Å². The van der Waals surface area contributed by atoms with Crippen LogP contribution >= 0.6 is 23.2 Å². The first-order chi connectivity index (χ1) is 16.3. The third-order valence-electron chi connectivity index (χ3n) is 5.07. The van der Waals surface area contributed by atoms with Crippen LogP contribution in [-0.2, 0) is 4.79 Å². The van der Waals surface area contributed by atoms with Crippen LogP contribution in [0, 0.1) is 5.82 Å². The van der Waals surface area contributed by atoms with E-state index in [0.29, 0.717) is 28.3 Å². The van der Waals surface area contributed by atoms with Crippen molar-refractivity contribution in [2.75, 3.05) is 13.2 Å². The second kappa shape index (κ2) is 10.4. The number of amides is 1. The predicted octanol–water partition coefficient (Wildman–Crippen LogP) is 4.67. The number of benzene rings is 2. The monoisotopic (exact) mass is 507 g/mol. The van der Waals surface area contributed by atoms with Crippen LogP contribution in [0.4, 0.5) is 4.39 Å². The Bertz CT molecular complexity index is 1220. The summed E-state index contributed by atoms with van der Waals surface area (Å²) in [5.74, 6) is 0.0912. The molecule has 4 rings (SSSR count). The molecule has 2 N–H and O–H groups in total. The van der Waals surface area contributed by atoms with E-state index < -0.39 is 23.9 Å². The minimum absolute atomic E-state index is 0.0274. The molecule has 2 atom stereocenters. The third-order valence-corrected chi connectivity index (χ3v) is 5.61. The van der Waals surface area contributed by atoms with E-state index in [1.165, 1.54) is 12.1 Å². The fourth-order valence-corrected chi connectivity index (χ4v) is 3.60. The van der Waals surface area contributed by atoms with Gasteiger partial charge < -0.3 is 24.3 Å². The molecule has 0 fully saturated rings. The molecule has 0 spiro atoms. The van der Waals surface area contributed by atoms with Crippen molar-refractivity contribution in [3.8, 4) is 11.5 Å². The third kappa shape index (κ3) is 5.67. The highest BCUT2D eigenvalue weighted by atomic mass is 35.5. The van der Waals surface area contributed by atoms with Crippen molar-refractivity contribution in [3.63, 3.8) is 0 Å². The van der Waals surface area contributed by atoms with Gasteiger partial charge in [0.1, 0.15) is 17.3 Å². The van der Waals surface area contributed by atoms with E-state index in [9.17, 15) is 14.3 Å². The highest BCUT2D eigenvalue weighted by Crippen LogP contribution is 2.41. The van der Waals surface area contributed by atoms with E-state index in [2.05, 4.69) is 22.1 Å². The van der Waals surface area contributed by atoms with Crippen LogP contribution < -0.4 is 14.8 Å². The number of aliphatic hydroxyl groups is 1. The van der Waals surface area contributed by atoms with Gasteiger partial charge in [-0.15, -0.1) is 10.2 Å². The van der Waals surface area contributed by atoms with Crippen molar-refractivity contribution in [1.82, 2.24) is 15.5 Å². The summed E-state index contributed by atoms with van der Waals surface area (Å²) < 4.78 is 30.2. The zero-order valence-electron chi connectivity index (χ0n) is 17.8. The van der Waals surface area contributed by atoms with Crippen LogP contribution in [0.1, 0.15) is 42.4 Å². The number of hydrogen-bond donors (Lipinski definition) is 2. The number of nitrogens with one attached hydrogen (secondary N) is 1. The maximum Gasteiger partial charge on any atom is 0.257 e. The van der Waals surface area contributed by atoms with Crippen molar-refractivity contribution >= 4 is 34.7 Å². The smallest absolute Gasteiger partial charge is 0.257 e. The molecule has 8 nitrogen and oxygen atoms in total. The molecule has 178 valence electrons. The molecule has 1 amide bonds. The van der Waals surface area contributed by atoms with Gasteiger partial charge in [-0.3, -0.25) is 4.79 Å². The first-order valence-corrected chi connectivity index (χ1v) is 11.1. The zero-order chi connectivity index (χ0) is 24.2. The van der Waals surface area contributed by atoms with E-state index in [1.807, 2.05) is 0 Å². The van der Waals surface area contributed by atoms with Crippen molar-refractivity contribution in [2.24, 2.45) is 0 Å². The molecule has 3 aromatic rings. The molecule has 2 heterocycles. The summed E-state index contributed by atoms with van der Waals surface area (Å²) in [5.41, 5.74) is 1.12. The number of fused-ring (bicyclic) bond motifs is 1. The molecular formula is C23H20Cl2FN3O5. The van der Waals surface area contributed by atoms with Crippen molar-refractivity contribution < 1.29 is 28.2 Å². The fraction of sp³-hybridized carbons (Fsp3) is 0.261. The van der Waals surface area contributed by atoms with E-state index >= 15 is 0 Å². The van der Waals surface area contributed by atoms with Crippen LogP contribution in [0.3, 0.4) is 0 Å². The van der Waals surface area contributed by atoms with E-state index in [1.54, 1.807) is 18.2 Å². The van der Waals surface area contributed by atoms with Gasteiger partial charge in [0, 0.05) is 35.2 Å². The van der Waals surface area contributed by atoms with Crippen LogP contribution in [0.2, 0.25) is 10.0 Å². The molecule has 0 aliphatic carbocycles. The lowest BCUT2D eigenvalue weighted by atomic mass is 9.99. The Morgan fingerprint density at radius 2 is 2.09 bits per heavy atom. The minimum Gasteiger partial charge on any atom is -0.484 e. The minimum atomic E-state index is -0.784. The Balaban J connectivity index is 1.25. The Kier molecular flexibility index (Phi) is 7.35. The Labute approximate surface area is 204 Å². The van der Waals surface area contributed by atoms with Crippen LogP contribution in [0.5, 0.6) is 11.5 Å². The van der Waals surface area contributed by atoms with Gasteiger partial charge in [-0.2, -0.15) is 0 Å². The Hall–Kier alpha value is -3.14. The van der Waals surface area contributed by atoms with Gasteiger partial charge in [-0.05, 0) is 36.8 Å². The van der Waals surface area contributed by atoms with Gasteiger partial charge in [-0.1, -0.05) is 29.8 Å². The molecule has 2 aromatic carbocycles. The first kappa shape index (κ1) is 24.0. The predicted molar refractivity (Wildman–Crippen MR) is 122 cm³/mol. The molecule has 1 aliphatic rings. The lowest BCUT2D eigenvalue weighted by Crippen LogP contribution is -2.29. The molecule has 11 heteroatoms. The second-order valence-corrected chi connectivity index (χ2v) is 8.40. The molecule has 1 aliphatic heterocycles. The Morgan fingerprint density at radius 3 is 2.88 bits per heavy atom. The number of rotatable bonds is 8. The molecule has 1 aromatic heterocycles. The summed E-state index contributed by atoms with van der Waals surface area (Å²) in [6, 6.07) is 8.93. The van der Waals surface area contributed by atoms with Crippen molar-refractivity contribution in [2.45, 2.75) is 25.0 Å².